The van der Waals surface area contributed by atoms with Crippen LogP contribution in [0.1, 0.15) is 27.6 Å². The van der Waals surface area contributed by atoms with E-state index < -0.39 is 32.5 Å². The third-order valence-electron chi connectivity index (χ3n) is 4.14. The number of carbonyl (C=O) groups is 2. The Bertz CT molecular complexity index is 1090. The number of ether oxygens (including phenoxy) is 3. The molecule has 0 radical (unpaired) electrons. The number of benzene rings is 2. The zero-order valence-corrected chi connectivity index (χ0v) is 16.8. The van der Waals surface area contributed by atoms with Gasteiger partial charge >= 0.3 is 15.6 Å². The van der Waals surface area contributed by atoms with Crippen molar-refractivity contribution in [3.05, 3.63) is 41.5 Å². The maximum atomic E-state index is 12.6. The summed E-state index contributed by atoms with van der Waals surface area (Å²) in [7, 11) is -6.23. The SMILES string of the molecule is CCOCOCCOc1ccc2c3c(cccc13)C(=O)N(OS(=O)(=O)C(F)(F)F)C2=O. The van der Waals surface area contributed by atoms with Gasteiger partial charge in [0.15, 0.2) is 0 Å². The lowest BCUT2D eigenvalue weighted by Crippen LogP contribution is -2.44. The number of hydroxylamine groups is 2. The summed E-state index contributed by atoms with van der Waals surface area (Å²) < 4.78 is 80.1. The summed E-state index contributed by atoms with van der Waals surface area (Å²) in [5, 5.41) is 0.0245. The van der Waals surface area contributed by atoms with Crippen molar-refractivity contribution in [1.29, 1.82) is 0 Å². The first-order chi connectivity index (χ1) is 14.6. The van der Waals surface area contributed by atoms with E-state index in [9.17, 15) is 31.2 Å². The molecule has 2 aromatic carbocycles. The van der Waals surface area contributed by atoms with Crippen LogP contribution in [0.5, 0.6) is 5.75 Å². The second kappa shape index (κ2) is 8.78. The Morgan fingerprint density at radius 3 is 2.29 bits per heavy atom. The van der Waals surface area contributed by atoms with Crippen LogP contribution in [-0.4, -0.2) is 57.4 Å². The molecule has 31 heavy (non-hydrogen) atoms. The first kappa shape index (κ1) is 22.9. The van der Waals surface area contributed by atoms with E-state index in [2.05, 4.69) is 4.28 Å². The van der Waals surface area contributed by atoms with Gasteiger partial charge in [-0.05, 0) is 25.1 Å². The standard InChI is InChI=1S/C18H16F3NO8S/c1-2-27-10-28-8-9-29-14-7-6-13-15-11(14)4-3-5-12(15)16(23)22(17(13)24)30-31(25,26)18(19,20)21/h3-7H,2,8-10H2,1H3. The molecule has 0 bridgehead atoms. The van der Waals surface area contributed by atoms with E-state index in [1.165, 1.54) is 24.3 Å². The van der Waals surface area contributed by atoms with Crippen molar-refractivity contribution in [3.8, 4) is 5.75 Å². The molecule has 0 unspecified atom stereocenters. The lowest BCUT2D eigenvalue weighted by Gasteiger charge is -2.26. The predicted octanol–water partition coefficient (Wildman–Crippen LogP) is 2.61. The first-order valence-corrected chi connectivity index (χ1v) is 10.2. The van der Waals surface area contributed by atoms with Crippen LogP contribution >= 0.6 is 0 Å². The molecule has 1 aliphatic rings. The molecule has 0 saturated carbocycles. The lowest BCUT2D eigenvalue weighted by molar-refractivity contribution is -0.0761. The van der Waals surface area contributed by atoms with Crippen LogP contribution in [0.2, 0.25) is 0 Å². The molecule has 0 aromatic heterocycles. The zero-order chi connectivity index (χ0) is 22.8. The predicted molar refractivity (Wildman–Crippen MR) is 98.4 cm³/mol. The summed E-state index contributed by atoms with van der Waals surface area (Å²) >= 11 is 0. The highest BCUT2D eigenvalue weighted by atomic mass is 32.2. The Balaban J connectivity index is 1.90. The summed E-state index contributed by atoms with van der Waals surface area (Å²) in [5.41, 5.74) is -6.26. The molecular formula is C18H16F3NO8S. The first-order valence-electron chi connectivity index (χ1n) is 8.82. The number of carbonyl (C=O) groups excluding carboxylic acids is 2. The average molecular weight is 463 g/mol. The second-order valence-electron chi connectivity index (χ2n) is 6.09. The Hall–Kier alpha value is -2.74. The van der Waals surface area contributed by atoms with Gasteiger partial charge in [0.2, 0.25) is 0 Å². The molecule has 0 fully saturated rings. The Morgan fingerprint density at radius 1 is 0.968 bits per heavy atom. The van der Waals surface area contributed by atoms with Gasteiger partial charge in [-0.3, -0.25) is 9.59 Å². The van der Waals surface area contributed by atoms with E-state index in [0.717, 1.165) is 0 Å². The van der Waals surface area contributed by atoms with Crippen molar-refractivity contribution >= 4 is 32.7 Å². The molecular weight excluding hydrogens is 447 g/mol. The molecule has 1 heterocycles. The molecule has 0 N–H and O–H groups in total. The fourth-order valence-corrected chi connectivity index (χ4v) is 3.21. The number of imide groups is 1. The summed E-state index contributed by atoms with van der Waals surface area (Å²) in [6, 6.07) is 6.75. The number of amides is 2. The smallest absolute Gasteiger partial charge is 0.491 e. The number of rotatable bonds is 9. The molecule has 3 rings (SSSR count). The van der Waals surface area contributed by atoms with Gasteiger partial charge in [-0.15, -0.1) is 9.35 Å². The van der Waals surface area contributed by atoms with Crippen LogP contribution in [0.4, 0.5) is 13.2 Å². The van der Waals surface area contributed by atoms with Crippen molar-refractivity contribution in [2.75, 3.05) is 26.6 Å². The number of alkyl halides is 3. The van der Waals surface area contributed by atoms with Crippen LogP contribution < -0.4 is 4.74 Å². The van der Waals surface area contributed by atoms with Gasteiger partial charge in [0, 0.05) is 17.4 Å². The van der Waals surface area contributed by atoms with E-state index in [1.54, 1.807) is 6.07 Å². The van der Waals surface area contributed by atoms with Gasteiger partial charge in [0.25, 0.3) is 11.8 Å². The van der Waals surface area contributed by atoms with Crippen LogP contribution in [-0.2, 0) is 23.9 Å². The fourth-order valence-electron chi connectivity index (χ4n) is 2.79. The molecule has 0 aliphatic carbocycles. The monoisotopic (exact) mass is 463 g/mol. The van der Waals surface area contributed by atoms with Gasteiger partial charge in [0.1, 0.15) is 19.1 Å². The van der Waals surface area contributed by atoms with Gasteiger partial charge in [0.05, 0.1) is 17.7 Å². The summed E-state index contributed by atoms with van der Waals surface area (Å²) in [6.45, 7) is 2.69. The Morgan fingerprint density at radius 2 is 1.65 bits per heavy atom. The van der Waals surface area contributed by atoms with E-state index in [4.69, 9.17) is 14.2 Å². The quantitative estimate of drug-likeness (QED) is 0.242. The minimum absolute atomic E-state index is 0.0867. The van der Waals surface area contributed by atoms with Crippen LogP contribution in [0.15, 0.2) is 30.3 Å². The van der Waals surface area contributed by atoms with Crippen molar-refractivity contribution in [1.82, 2.24) is 5.06 Å². The molecule has 2 aromatic rings. The van der Waals surface area contributed by atoms with Crippen molar-refractivity contribution < 1.29 is 49.7 Å². The minimum Gasteiger partial charge on any atom is -0.491 e. The van der Waals surface area contributed by atoms with Crippen molar-refractivity contribution in [2.24, 2.45) is 0 Å². The highest BCUT2D eigenvalue weighted by Crippen LogP contribution is 2.37. The zero-order valence-electron chi connectivity index (χ0n) is 16.0. The third-order valence-corrected chi connectivity index (χ3v) is 5.05. The maximum Gasteiger partial charge on any atom is 0.525 e. The summed E-state index contributed by atoms with van der Waals surface area (Å²) in [4.78, 5) is 25.1. The van der Waals surface area contributed by atoms with Gasteiger partial charge < -0.3 is 14.2 Å². The number of nitrogens with zero attached hydrogens (tertiary/aromatic N) is 1. The minimum atomic E-state index is -6.23. The molecule has 13 heteroatoms. The molecule has 168 valence electrons. The number of hydrogen-bond donors (Lipinski definition) is 0. The van der Waals surface area contributed by atoms with E-state index in [0.29, 0.717) is 17.7 Å². The van der Waals surface area contributed by atoms with E-state index in [-0.39, 0.29) is 36.5 Å². The second-order valence-corrected chi connectivity index (χ2v) is 7.61. The number of hydrogen-bond acceptors (Lipinski definition) is 8. The van der Waals surface area contributed by atoms with Gasteiger partial charge in [-0.1, -0.05) is 12.1 Å². The van der Waals surface area contributed by atoms with Crippen molar-refractivity contribution in [3.63, 3.8) is 0 Å². The molecule has 0 atom stereocenters. The number of halogens is 3. The molecule has 0 saturated heterocycles. The van der Waals surface area contributed by atoms with Crippen molar-refractivity contribution in [2.45, 2.75) is 12.4 Å². The van der Waals surface area contributed by atoms with Gasteiger partial charge in [-0.25, -0.2) is 0 Å². The van der Waals surface area contributed by atoms with E-state index >= 15 is 0 Å². The van der Waals surface area contributed by atoms with Crippen LogP contribution in [0.25, 0.3) is 10.8 Å². The fraction of sp³-hybridized carbons (Fsp3) is 0.333. The summed E-state index contributed by atoms with van der Waals surface area (Å²) in [5.74, 6) is -2.42. The Kier molecular flexibility index (Phi) is 6.50. The highest BCUT2D eigenvalue weighted by Gasteiger charge is 2.51. The molecule has 2 amide bonds. The van der Waals surface area contributed by atoms with Gasteiger partial charge in [-0.2, -0.15) is 21.6 Å². The summed E-state index contributed by atoms with van der Waals surface area (Å²) in [6.07, 6.45) is 0. The molecule has 9 nitrogen and oxygen atoms in total. The van der Waals surface area contributed by atoms with Crippen LogP contribution in [0, 0.1) is 0 Å². The lowest BCUT2D eigenvalue weighted by atomic mass is 9.94. The van der Waals surface area contributed by atoms with E-state index in [1.807, 2.05) is 6.92 Å². The third kappa shape index (κ3) is 4.49. The normalized spacial score (nSPS) is 14.4. The van der Waals surface area contributed by atoms with Crippen LogP contribution in [0.3, 0.4) is 0 Å². The Labute approximate surface area is 174 Å². The average Bonchev–Trinajstić information content (AvgIpc) is 2.71. The maximum absolute atomic E-state index is 12.6. The molecule has 1 aliphatic heterocycles. The highest BCUT2D eigenvalue weighted by molar-refractivity contribution is 7.87. The topological polar surface area (TPSA) is 108 Å². The largest absolute Gasteiger partial charge is 0.525 e. The molecule has 0 spiro atoms.